The summed E-state index contributed by atoms with van der Waals surface area (Å²) in [4.78, 5) is 0. The summed E-state index contributed by atoms with van der Waals surface area (Å²) in [7, 11) is 4.57. The largest absolute Gasteiger partial charge is 0.327 e. The molecule has 0 rings (SSSR count). The number of hydrogen-bond donors (Lipinski definition) is 0. The molecule has 1 unspecified atom stereocenters. The molecule has 0 saturated heterocycles. The predicted molar refractivity (Wildman–Crippen MR) is 42.4 cm³/mol. The van der Waals surface area contributed by atoms with E-state index in [1.54, 1.807) is 0 Å². The van der Waals surface area contributed by atoms with Crippen molar-refractivity contribution in [2.75, 3.05) is 20.6 Å². The Morgan fingerprint density at radius 3 is 1.78 bits per heavy atom. The zero-order valence-corrected chi connectivity index (χ0v) is 7.44. The Hall–Kier alpha value is -0.0400. The zero-order chi connectivity index (χ0) is 7.49. The van der Waals surface area contributed by atoms with E-state index >= 15 is 0 Å². The van der Waals surface area contributed by atoms with Crippen molar-refractivity contribution < 1.29 is 4.48 Å². The number of nitrogens with zero attached hydrogens (tertiary/aromatic N) is 1. The van der Waals surface area contributed by atoms with Crippen molar-refractivity contribution in [3.05, 3.63) is 0 Å². The van der Waals surface area contributed by atoms with Gasteiger partial charge >= 0.3 is 0 Å². The van der Waals surface area contributed by atoms with E-state index < -0.39 is 0 Å². The van der Waals surface area contributed by atoms with E-state index in [2.05, 4.69) is 34.9 Å². The lowest BCUT2D eigenvalue weighted by Gasteiger charge is -2.34. The first-order valence-corrected chi connectivity index (χ1v) is 3.87. The maximum Gasteiger partial charge on any atom is 0.0854 e. The van der Waals surface area contributed by atoms with E-state index in [1.165, 1.54) is 13.0 Å². The highest BCUT2D eigenvalue weighted by molar-refractivity contribution is 4.44. The highest BCUT2D eigenvalue weighted by Gasteiger charge is 2.18. The van der Waals surface area contributed by atoms with Gasteiger partial charge in [-0.25, -0.2) is 0 Å². The summed E-state index contributed by atoms with van der Waals surface area (Å²) in [5.74, 6) is 0. The van der Waals surface area contributed by atoms with Gasteiger partial charge in [-0.2, -0.15) is 0 Å². The molecule has 0 aromatic carbocycles. The van der Waals surface area contributed by atoms with Crippen molar-refractivity contribution in [2.45, 2.75) is 33.2 Å². The number of hydrogen-bond acceptors (Lipinski definition) is 0. The summed E-state index contributed by atoms with van der Waals surface area (Å²) < 4.78 is 1.15. The summed E-state index contributed by atoms with van der Waals surface area (Å²) in [6.45, 7) is 8.03. The third-order valence-electron chi connectivity index (χ3n) is 2.60. The third kappa shape index (κ3) is 2.35. The fraction of sp³-hybridized carbons (Fsp3) is 1.00. The van der Waals surface area contributed by atoms with E-state index in [4.69, 9.17) is 0 Å². The molecule has 0 saturated carbocycles. The van der Waals surface area contributed by atoms with Gasteiger partial charge in [0.05, 0.1) is 26.7 Å². The second-order valence-electron chi connectivity index (χ2n) is 3.35. The van der Waals surface area contributed by atoms with Crippen LogP contribution in [0.15, 0.2) is 0 Å². The molecule has 0 aromatic heterocycles. The van der Waals surface area contributed by atoms with Gasteiger partial charge in [-0.3, -0.25) is 0 Å². The first-order chi connectivity index (χ1) is 4.04. The van der Waals surface area contributed by atoms with Crippen LogP contribution in [0.5, 0.6) is 0 Å². The molecule has 56 valence electrons. The van der Waals surface area contributed by atoms with Gasteiger partial charge in [-0.1, -0.05) is 6.92 Å². The lowest BCUT2D eigenvalue weighted by Crippen LogP contribution is -2.46. The lowest BCUT2D eigenvalue weighted by atomic mass is 10.2. The summed E-state index contributed by atoms with van der Waals surface area (Å²) in [6.07, 6.45) is 1.28. The Bertz CT molecular complexity index is 76.6. The molecular formula is C8H20N+. The van der Waals surface area contributed by atoms with E-state index in [1.807, 2.05) is 0 Å². The standard InChI is InChI=1S/C8H20N/c1-6-8(3)9(4,5)7-2/h8H,6-7H2,1-5H3/q+1. The Balaban J connectivity index is 3.80. The van der Waals surface area contributed by atoms with Gasteiger partial charge in [-0.15, -0.1) is 0 Å². The first kappa shape index (κ1) is 8.96. The van der Waals surface area contributed by atoms with Crippen LogP contribution in [0.4, 0.5) is 0 Å². The minimum atomic E-state index is 0.801. The van der Waals surface area contributed by atoms with Crippen LogP contribution in [0.25, 0.3) is 0 Å². The van der Waals surface area contributed by atoms with Gasteiger partial charge in [0.1, 0.15) is 0 Å². The van der Waals surface area contributed by atoms with Crippen LogP contribution in [-0.4, -0.2) is 31.2 Å². The minimum absolute atomic E-state index is 0.801. The van der Waals surface area contributed by atoms with Crippen LogP contribution in [-0.2, 0) is 0 Å². The molecule has 1 atom stereocenters. The SMILES string of the molecule is CCC(C)[N+](C)(C)CC. The second kappa shape index (κ2) is 3.21. The number of quaternary nitrogens is 1. The third-order valence-corrected chi connectivity index (χ3v) is 2.60. The van der Waals surface area contributed by atoms with Crippen molar-refractivity contribution in [1.82, 2.24) is 0 Å². The van der Waals surface area contributed by atoms with Gasteiger partial charge in [0.2, 0.25) is 0 Å². The Labute approximate surface area is 59.3 Å². The molecule has 0 bridgehead atoms. The van der Waals surface area contributed by atoms with Gasteiger partial charge in [0, 0.05) is 0 Å². The highest BCUT2D eigenvalue weighted by atomic mass is 15.3. The fourth-order valence-electron chi connectivity index (χ4n) is 0.806. The van der Waals surface area contributed by atoms with Crippen molar-refractivity contribution in [3.8, 4) is 0 Å². The van der Waals surface area contributed by atoms with E-state index in [9.17, 15) is 0 Å². The molecule has 0 radical (unpaired) electrons. The van der Waals surface area contributed by atoms with Crippen LogP contribution >= 0.6 is 0 Å². The fourth-order valence-corrected chi connectivity index (χ4v) is 0.806. The normalized spacial score (nSPS) is 15.7. The predicted octanol–water partition coefficient (Wildman–Crippen LogP) is 1.88. The molecule has 0 amide bonds. The molecule has 0 heterocycles. The van der Waals surface area contributed by atoms with Crippen LogP contribution in [0, 0.1) is 0 Å². The van der Waals surface area contributed by atoms with Crippen molar-refractivity contribution in [3.63, 3.8) is 0 Å². The summed E-state index contributed by atoms with van der Waals surface area (Å²) in [6, 6.07) is 0.801. The number of rotatable bonds is 3. The van der Waals surface area contributed by atoms with Gasteiger partial charge in [0.25, 0.3) is 0 Å². The quantitative estimate of drug-likeness (QED) is 0.512. The lowest BCUT2D eigenvalue weighted by molar-refractivity contribution is -0.911. The Kier molecular flexibility index (Phi) is 3.20. The van der Waals surface area contributed by atoms with Crippen LogP contribution in [0.2, 0.25) is 0 Å². The Morgan fingerprint density at radius 2 is 1.67 bits per heavy atom. The summed E-state index contributed by atoms with van der Waals surface area (Å²) in [5.41, 5.74) is 0. The maximum absolute atomic E-state index is 2.31. The Morgan fingerprint density at radius 1 is 1.22 bits per heavy atom. The second-order valence-corrected chi connectivity index (χ2v) is 3.35. The van der Waals surface area contributed by atoms with Crippen molar-refractivity contribution in [1.29, 1.82) is 0 Å². The average Bonchev–Trinajstić information content (AvgIpc) is 1.86. The van der Waals surface area contributed by atoms with Gasteiger partial charge < -0.3 is 4.48 Å². The smallest absolute Gasteiger partial charge is 0.0854 e. The highest BCUT2D eigenvalue weighted by Crippen LogP contribution is 2.07. The molecule has 1 nitrogen and oxygen atoms in total. The molecular weight excluding hydrogens is 110 g/mol. The molecule has 9 heavy (non-hydrogen) atoms. The maximum atomic E-state index is 2.31. The minimum Gasteiger partial charge on any atom is -0.327 e. The van der Waals surface area contributed by atoms with Crippen LogP contribution in [0.1, 0.15) is 27.2 Å². The van der Waals surface area contributed by atoms with Gasteiger partial charge in [0.15, 0.2) is 0 Å². The molecule has 0 spiro atoms. The summed E-state index contributed by atoms with van der Waals surface area (Å²) >= 11 is 0. The summed E-state index contributed by atoms with van der Waals surface area (Å²) in [5, 5.41) is 0. The van der Waals surface area contributed by atoms with Crippen LogP contribution < -0.4 is 0 Å². The monoisotopic (exact) mass is 130 g/mol. The van der Waals surface area contributed by atoms with Gasteiger partial charge in [-0.05, 0) is 20.3 Å². The molecule has 1 heteroatoms. The molecule has 0 aliphatic carbocycles. The average molecular weight is 130 g/mol. The molecule has 0 aliphatic rings. The molecule has 0 N–H and O–H groups in total. The molecule has 0 aromatic rings. The van der Waals surface area contributed by atoms with E-state index in [0.29, 0.717) is 0 Å². The van der Waals surface area contributed by atoms with E-state index in [-0.39, 0.29) is 0 Å². The van der Waals surface area contributed by atoms with Crippen molar-refractivity contribution >= 4 is 0 Å². The van der Waals surface area contributed by atoms with Crippen molar-refractivity contribution in [2.24, 2.45) is 0 Å². The molecule has 0 fully saturated rings. The first-order valence-electron chi connectivity index (χ1n) is 3.87. The zero-order valence-electron chi connectivity index (χ0n) is 7.44. The topological polar surface area (TPSA) is 0 Å². The van der Waals surface area contributed by atoms with Crippen LogP contribution in [0.3, 0.4) is 0 Å². The molecule has 0 aliphatic heterocycles. The van der Waals surface area contributed by atoms with E-state index in [0.717, 1.165) is 10.5 Å².